The first kappa shape index (κ1) is 47.6. The summed E-state index contributed by atoms with van der Waals surface area (Å²) in [5.74, 6) is 0. The Bertz CT molecular complexity index is 456. The van der Waals surface area contributed by atoms with Gasteiger partial charge in [0.25, 0.3) is 0 Å². The summed E-state index contributed by atoms with van der Waals surface area (Å²) >= 11 is 0. The van der Waals surface area contributed by atoms with Crippen LogP contribution in [-0.4, -0.2) is 18.5 Å². The minimum absolute atomic E-state index is 0. The fourth-order valence-electron chi connectivity index (χ4n) is 4.12. The summed E-state index contributed by atoms with van der Waals surface area (Å²) in [6.45, 7) is 6.64. The monoisotopic (exact) mass is 664 g/mol. The summed E-state index contributed by atoms with van der Waals surface area (Å²) in [6.07, 6.45) is 30.2. The summed E-state index contributed by atoms with van der Waals surface area (Å²) < 4.78 is 30.6. The molecule has 0 amide bonds. The molecule has 3 atom stereocenters. The Labute approximate surface area is 262 Å². The van der Waals surface area contributed by atoms with Crippen LogP contribution in [0.5, 0.6) is 0 Å². The molecular weight excluding hydrogens is 601 g/mol. The van der Waals surface area contributed by atoms with Crippen molar-refractivity contribution in [1.82, 2.24) is 0 Å². The van der Waals surface area contributed by atoms with E-state index in [1.54, 1.807) is 0 Å². The molecule has 237 valence electrons. The van der Waals surface area contributed by atoms with E-state index in [-0.39, 0.29) is 17.4 Å². The fraction of sp³-hybridized carbons (Fsp3) is 1.00. The maximum Gasteiger partial charge on any atom is 3.00 e. The zero-order valence-corrected chi connectivity index (χ0v) is 30.2. The minimum Gasteiger partial charge on any atom is -0.596 e. The van der Waals surface area contributed by atoms with E-state index in [2.05, 4.69) is 20.8 Å². The molecule has 0 saturated carbocycles. The van der Waals surface area contributed by atoms with Crippen molar-refractivity contribution < 1.29 is 45.7 Å². The Morgan fingerprint density at radius 2 is 0.475 bits per heavy atom. The molecule has 0 aliphatic rings. The molecule has 0 N–H and O–H groups in total. The molecule has 0 aromatic rings. The van der Waals surface area contributed by atoms with Gasteiger partial charge in [-0.1, -0.05) is 150 Å². The summed E-state index contributed by atoms with van der Waals surface area (Å²) in [5, 5.41) is 0. The average molecular weight is 665 g/mol. The molecule has 0 aromatic heterocycles. The second-order valence-corrected chi connectivity index (χ2v) is 13.9. The van der Waals surface area contributed by atoms with Crippen molar-refractivity contribution in [3.8, 4) is 0 Å². The van der Waals surface area contributed by atoms with E-state index in [0.717, 1.165) is 38.5 Å². The minimum atomic E-state index is -2.13. The smallest absolute Gasteiger partial charge is 0.596 e. The normalized spacial score (nSPS) is 11.4. The van der Waals surface area contributed by atoms with Gasteiger partial charge in [-0.05, 0) is 38.5 Å². The number of hydrogen-bond acceptors (Lipinski definition) is 6. The molecule has 10 heteroatoms. The maximum atomic E-state index is 10.2. The first-order chi connectivity index (χ1) is 18.8. The van der Waals surface area contributed by atoms with E-state index in [1.807, 2.05) is 0 Å². The van der Waals surface area contributed by atoms with Gasteiger partial charge in [-0.3, -0.25) is 0 Å². The second-order valence-electron chi connectivity index (χ2n) is 10.6. The van der Waals surface area contributed by atoms with Crippen LogP contribution >= 0.6 is 24.1 Å². The van der Waals surface area contributed by atoms with Crippen LogP contribution in [0.4, 0.5) is 0 Å². The van der Waals surface area contributed by atoms with Crippen LogP contribution in [0, 0.1) is 0 Å². The molecular formula is C30H63CrO6P3+3. The summed E-state index contributed by atoms with van der Waals surface area (Å²) in [5.41, 5.74) is 0. The van der Waals surface area contributed by atoms with Crippen LogP contribution < -0.4 is 14.7 Å². The molecule has 40 heavy (non-hydrogen) atoms. The number of hydrogen-bond donors (Lipinski definition) is 0. The van der Waals surface area contributed by atoms with E-state index in [1.165, 1.54) is 116 Å². The van der Waals surface area contributed by atoms with Crippen molar-refractivity contribution >= 4 is 24.1 Å². The molecule has 0 aromatic carbocycles. The van der Waals surface area contributed by atoms with Crippen molar-refractivity contribution in [3.05, 3.63) is 0 Å². The van der Waals surface area contributed by atoms with Crippen molar-refractivity contribution in [3.63, 3.8) is 0 Å². The molecule has 3 unspecified atom stereocenters. The van der Waals surface area contributed by atoms with E-state index >= 15 is 0 Å². The standard InChI is InChI=1S/3C10H21O2P.Cr/c3*1-2-3-4-5-6-7-8-9-10-13(11)12;/h3*2-10H2,1H3;/q;;;+3. The van der Waals surface area contributed by atoms with Gasteiger partial charge < -0.3 is 14.7 Å². The van der Waals surface area contributed by atoms with Crippen LogP contribution in [0.3, 0.4) is 0 Å². The maximum absolute atomic E-state index is 10.2. The molecule has 0 bridgehead atoms. The molecule has 0 rings (SSSR count). The van der Waals surface area contributed by atoms with Gasteiger partial charge in [0, 0.05) is 0 Å². The quantitative estimate of drug-likeness (QED) is 0.0637. The van der Waals surface area contributed by atoms with Crippen LogP contribution in [0.2, 0.25) is 0 Å². The Kier molecular flexibility index (Phi) is 52.6. The SMILES string of the molecule is CCCCCCCCCC[P+](=O)[O-].CCCCCCCCCC[P+](=O)[O-].CCCCCCCCCC[P+](=O)[O-].[Cr+3]. The molecule has 0 aliphatic heterocycles. The molecule has 0 fully saturated rings. The Hall–Kier alpha value is 0.712. The van der Waals surface area contributed by atoms with Gasteiger partial charge in [-0.2, -0.15) is 0 Å². The summed E-state index contributed by atoms with van der Waals surface area (Å²) in [7, 11) is -6.39. The Balaban J connectivity index is -0.000000240. The van der Waals surface area contributed by atoms with Gasteiger partial charge >= 0.3 is 41.4 Å². The van der Waals surface area contributed by atoms with Gasteiger partial charge in [-0.25, -0.2) is 0 Å². The zero-order valence-electron chi connectivity index (χ0n) is 26.3. The molecule has 0 heterocycles. The van der Waals surface area contributed by atoms with Gasteiger partial charge in [0.15, 0.2) is 0 Å². The van der Waals surface area contributed by atoms with Crippen LogP contribution in [0.1, 0.15) is 175 Å². The van der Waals surface area contributed by atoms with E-state index in [9.17, 15) is 28.4 Å². The van der Waals surface area contributed by atoms with Gasteiger partial charge in [0.1, 0.15) is 18.5 Å². The molecule has 6 nitrogen and oxygen atoms in total. The molecule has 0 spiro atoms. The average Bonchev–Trinajstić information content (AvgIpc) is 2.89. The van der Waals surface area contributed by atoms with Crippen LogP contribution in [0.15, 0.2) is 0 Å². The molecule has 1 radical (unpaired) electrons. The van der Waals surface area contributed by atoms with Gasteiger partial charge in [0.05, 0.1) is 0 Å². The number of rotatable bonds is 27. The topological polar surface area (TPSA) is 120 Å². The number of unbranched alkanes of at least 4 members (excludes halogenated alkanes) is 21. The van der Waals surface area contributed by atoms with Crippen molar-refractivity contribution in [2.75, 3.05) is 18.5 Å². The first-order valence-electron chi connectivity index (χ1n) is 16.2. The molecule has 0 aliphatic carbocycles. The third-order valence-corrected chi connectivity index (χ3v) is 8.63. The predicted molar refractivity (Wildman–Crippen MR) is 165 cm³/mol. The predicted octanol–water partition coefficient (Wildman–Crippen LogP) is 9.69. The summed E-state index contributed by atoms with van der Waals surface area (Å²) in [6, 6.07) is 0. The van der Waals surface area contributed by atoms with Crippen molar-refractivity contribution in [2.24, 2.45) is 0 Å². The molecule has 0 saturated heterocycles. The van der Waals surface area contributed by atoms with E-state index in [4.69, 9.17) is 0 Å². The zero-order chi connectivity index (χ0) is 29.8. The Morgan fingerprint density at radius 3 is 0.625 bits per heavy atom. The largest absolute Gasteiger partial charge is 3.00 e. The van der Waals surface area contributed by atoms with Crippen LogP contribution in [-0.2, 0) is 31.1 Å². The van der Waals surface area contributed by atoms with E-state index in [0.29, 0.717) is 18.5 Å². The van der Waals surface area contributed by atoms with Gasteiger partial charge in [0.2, 0.25) is 0 Å². The fourth-order valence-corrected chi connectivity index (χ4v) is 5.57. The second kappa shape index (κ2) is 44.2. The summed E-state index contributed by atoms with van der Waals surface area (Å²) in [4.78, 5) is 30.6. The van der Waals surface area contributed by atoms with Gasteiger partial charge in [-0.15, -0.1) is 0 Å². The first-order valence-corrected chi connectivity index (χ1v) is 20.3. The van der Waals surface area contributed by atoms with Crippen LogP contribution in [0.25, 0.3) is 0 Å². The van der Waals surface area contributed by atoms with E-state index < -0.39 is 24.1 Å². The Morgan fingerprint density at radius 1 is 0.325 bits per heavy atom. The van der Waals surface area contributed by atoms with Crippen molar-refractivity contribution in [1.29, 1.82) is 0 Å². The van der Waals surface area contributed by atoms with Crippen molar-refractivity contribution in [2.45, 2.75) is 175 Å². The third-order valence-electron chi connectivity index (χ3n) is 6.58. The third kappa shape index (κ3) is 58.4.